The molecule has 0 aromatic heterocycles. The quantitative estimate of drug-likeness (QED) is 0.798. The summed E-state index contributed by atoms with van der Waals surface area (Å²) >= 11 is 0. The lowest BCUT2D eigenvalue weighted by molar-refractivity contribution is 0.0961. The number of nitrogens with zero attached hydrogens (tertiary/aromatic N) is 1. The van der Waals surface area contributed by atoms with Gasteiger partial charge in [-0.2, -0.15) is 0 Å². The van der Waals surface area contributed by atoms with Crippen molar-refractivity contribution in [2.45, 2.75) is 64.3 Å². The van der Waals surface area contributed by atoms with E-state index in [0.29, 0.717) is 0 Å². The van der Waals surface area contributed by atoms with Crippen molar-refractivity contribution in [3.05, 3.63) is 0 Å². The molecule has 2 heteroatoms. The molecule has 0 amide bonds. The van der Waals surface area contributed by atoms with Gasteiger partial charge in [-0.05, 0) is 50.6 Å². The summed E-state index contributed by atoms with van der Waals surface area (Å²) in [5.74, 6) is 1.75. The van der Waals surface area contributed by atoms with E-state index < -0.39 is 0 Å². The minimum absolute atomic E-state index is 0.769. The van der Waals surface area contributed by atoms with Crippen molar-refractivity contribution in [1.82, 2.24) is 4.90 Å². The average molecular weight is 238 g/mol. The van der Waals surface area contributed by atoms with Crippen LogP contribution in [-0.2, 0) is 0 Å². The zero-order chi connectivity index (χ0) is 12.1. The van der Waals surface area contributed by atoms with Gasteiger partial charge < -0.3 is 10.6 Å². The normalized spacial score (nSPS) is 31.2. The van der Waals surface area contributed by atoms with Crippen molar-refractivity contribution in [3.63, 3.8) is 0 Å². The lowest BCUT2D eigenvalue weighted by Crippen LogP contribution is -2.46. The van der Waals surface area contributed by atoms with Crippen LogP contribution in [-0.4, -0.2) is 30.6 Å². The van der Waals surface area contributed by atoms with E-state index in [9.17, 15) is 0 Å². The Morgan fingerprint density at radius 3 is 2.29 bits per heavy atom. The van der Waals surface area contributed by atoms with Crippen LogP contribution >= 0.6 is 0 Å². The van der Waals surface area contributed by atoms with Gasteiger partial charge in [0.25, 0.3) is 0 Å². The van der Waals surface area contributed by atoms with E-state index in [1.165, 1.54) is 64.5 Å². The second kappa shape index (κ2) is 6.75. The fourth-order valence-electron chi connectivity index (χ4n) is 3.97. The Bertz CT molecular complexity index is 211. The molecule has 2 nitrogen and oxygen atoms in total. The van der Waals surface area contributed by atoms with Crippen LogP contribution in [0.25, 0.3) is 0 Å². The zero-order valence-electron chi connectivity index (χ0n) is 11.5. The summed E-state index contributed by atoms with van der Waals surface area (Å²) < 4.78 is 0. The molecule has 0 spiro atoms. The molecule has 2 rings (SSSR count). The summed E-state index contributed by atoms with van der Waals surface area (Å²) in [6, 6.07) is 0.791. The van der Waals surface area contributed by atoms with Gasteiger partial charge in [-0.15, -0.1) is 0 Å². The maximum absolute atomic E-state index is 5.97. The highest BCUT2D eigenvalue weighted by molar-refractivity contribution is 4.85. The largest absolute Gasteiger partial charge is 0.330 e. The third kappa shape index (κ3) is 3.45. The van der Waals surface area contributed by atoms with Crippen molar-refractivity contribution in [2.75, 3.05) is 19.6 Å². The van der Waals surface area contributed by atoms with E-state index in [1.807, 2.05) is 0 Å². The number of nitrogens with two attached hydrogens (primary N) is 1. The summed E-state index contributed by atoms with van der Waals surface area (Å²) in [5.41, 5.74) is 5.97. The fraction of sp³-hybridized carbons (Fsp3) is 1.00. The van der Waals surface area contributed by atoms with E-state index >= 15 is 0 Å². The highest BCUT2D eigenvalue weighted by Gasteiger charge is 2.30. The highest BCUT2D eigenvalue weighted by Crippen LogP contribution is 2.31. The molecule has 0 heterocycles. The van der Waals surface area contributed by atoms with Crippen molar-refractivity contribution < 1.29 is 0 Å². The Hall–Kier alpha value is -0.0800. The van der Waals surface area contributed by atoms with Gasteiger partial charge in [-0.1, -0.05) is 32.6 Å². The standard InChI is InChI=1S/C15H30N2/c1-2-17(12-13-7-3-4-8-13)15-10-6-5-9-14(15)11-16/h13-15H,2-12,16H2,1H3. The first-order chi connectivity index (χ1) is 8.35. The molecule has 2 aliphatic carbocycles. The van der Waals surface area contributed by atoms with Crippen molar-refractivity contribution in [3.8, 4) is 0 Å². The van der Waals surface area contributed by atoms with Crippen LogP contribution in [0, 0.1) is 11.8 Å². The van der Waals surface area contributed by atoms with Crippen LogP contribution in [0.2, 0.25) is 0 Å². The number of hydrogen-bond acceptors (Lipinski definition) is 2. The molecule has 0 saturated heterocycles. The maximum Gasteiger partial charge on any atom is 0.0135 e. The smallest absolute Gasteiger partial charge is 0.0135 e. The summed E-state index contributed by atoms with van der Waals surface area (Å²) in [6.07, 6.45) is 11.4. The Balaban J connectivity index is 1.90. The predicted octanol–water partition coefficient (Wildman–Crippen LogP) is 3.02. The van der Waals surface area contributed by atoms with E-state index in [4.69, 9.17) is 5.73 Å². The van der Waals surface area contributed by atoms with Crippen LogP contribution in [0.1, 0.15) is 58.3 Å². The van der Waals surface area contributed by atoms with Crippen LogP contribution in [0.4, 0.5) is 0 Å². The molecule has 2 fully saturated rings. The Labute approximate surface area is 107 Å². The fourth-order valence-corrected chi connectivity index (χ4v) is 3.97. The minimum atomic E-state index is 0.769. The third-order valence-electron chi connectivity index (χ3n) is 5.01. The second-order valence-electron chi connectivity index (χ2n) is 6.09. The first-order valence-electron chi connectivity index (χ1n) is 7.79. The Morgan fingerprint density at radius 2 is 1.65 bits per heavy atom. The molecule has 2 N–H and O–H groups in total. The van der Waals surface area contributed by atoms with Gasteiger partial charge in [0, 0.05) is 12.6 Å². The number of hydrogen-bond donors (Lipinski definition) is 1. The van der Waals surface area contributed by atoms with Crippen LogP contribution in [0.5, 0.6) is 0 Å². The SMILES string of the molecule is CCN(CC1CCCC1)C1CCCCC1CN. The second-order valence-corrected chi connectivity index (χ2v) is 6.09. The lowest BCUT2D eigenvalue weighted by atomic mass is 9.83. The monoisotopic (exact) mass is 238 g/mol. The average Bonchev–Trinajstić information content (AvgIpc) is 2.89. The van der Waals surface area contributed by atoms with Gasteiger partial charge in [0.15, 0.2) is 0 Å². The van der Waals surface area contributed by atoms with Crippen LogP contribution in [0.3, 0.4) is 0 Å². The van der Waals surface area contributed by atoms with E-state index in [-0.39, 0.29) is 0 Å². The summed E-state index contributed by atoms with van der Waals surface area (Å²) in [6.45, 7) is 5.79. The summed E-state index contributed by atoms with van der Waals surface area (Å²) in [4.78, 5) is 2.76. The van der Waals surface area contributed by atoms with E-state index in [1.54, 1.807) is 0 Å². The molecule has 0 aromatic rings. The van der Waals surface area contributed by atoms with Gasteiger partial charge >= 0.3 is 0 Å². The molecule has 0 aliphatic heterocycles. The zero-order valence-corrected chi connectivity index (χ0v) is 11.5. The van der Waals surface area contributed by atoms with Crippen molar-refractivity contribution >= 4 is 0 Å². The molecule has 2 saturated carbocycles. The molecule has 2 aliphatic rings. The van der Waals surface area contributed by atoms with Gasteiger partial charge in [0.2, 0.25) is 0 Å². The molecule has 0 aromatic carbocycles. The molecular weight excluding hydrogens is 208 g/mol. The maximum atomic E-state index is 5.97. The minimum Gasteiger partial charge on any atom is -0.330 e. The Morgan fingerprint density at radius 1 is 1.00 bits per heavy atom. The molecule has 0 bridgehead atoms. The molecule has 0 radical (unpaired) electrons. The van der Waals surface area contributed by atoms with Crippen molar-refractivity contribution in [2.24, 2.45) is 17.6 Å². The molecule has 2 unspecified atom stereocenters. The summed E-state index contributed by atoms with van der Waals surface area (Å²) in [5, 5.41) is 0. The van der Waals surface area contributed by atoms with Gasteiger partial charge in [-0.25, -0.2) is 0 Å². The first kappa shape index (κ1) is 13.4. The van der Waals surface area contributed by atoms with Crippen LogP contribution < -0.4 is 5.73 Å². The molecular formula is C15H30N2. The number of rotatable bonds is 5. The highest BCUT2D eigenvalue weighted by atomic mass is 15.2. The lowest BCUT2D eigenvalue weighted by Gasteiger charge is -2.40. The third-order valence-corrected chi connectivity index (χ3v) is 5.01. The topological polar surface area (TPSA) is 29.3 Å². The van der Waals surface area contributed by atoms with E-state index in [2.05, 4.69) is 11.8 Å². The van der Waals surface area contributed by atoms with Gasteiger partial charge in [0.1, 0.15) is 0 Å². The Kier molecular flexibility index (Phi) is 5.30. The van der Waals surface area contributed by atoms with Crippen molar-refractivity contribution in [1.29, 1.82) is 0 Å². The molecule has 100 valence electrons. The van der Waals surface area contributed by atoms with E-state index in [0.717, 1.165) is 24.4 Å². The summed E-state index contributed by atoms with van der Waals surface area (Å²) in [7, 11) is 0. The van der Waals surface area contributed by atoms with Gasteiger partial charge in [0.05, 0.1) is 0 Å². The van der Waals surface area contributed by atoms with Gasteiger partial charge in [-0.3, -0.25) is 0 Å². The molecule has 17 heavy (non-hydrogen) atoms. The molecule has 2 atom stereocenters. The first-order valence-corrected chi connectivity index (χ1v) is 7.79. The predicted molar refractivity (Wildman–Crippen MR) is 74.0 cm³/mol. The van der Waals surface area contributed by atoms with Crippen LogP contribution in [0.15, 0.2) is 0 Å².